The Bertz CT molecular complexity index is 938. The van der Waals surface area contributed by atoms with E-state index >= 15 is 0 Å². The molecule has 0 aromatic heterocycles. The second kappa shape index (κ2) is 7.02. The van der Waals surface area contributed by atoms with E-state index in [1.807, 2.05) is 60.7 Å². The summed E-state index contributed by atoms with van der Waals surface area (Å²) in [5.74, 6) is 0.693. The zero-order valence-corrected chi connectivity index (χ0v) is 14.5. The fourth-order valence-corrected chi connectivity index (χ4v) is 3.10. The van der Waals surface area contributed by atoms with Crippen LogP contribution in [-0.2, 0) is 4.79 Å². The van der Waals surface area contributed by atoms with Crippen molar-refractivity contribution in [1.82, 2.24) is 5.43 Å². The molecule has 5 heteroatoms. The number of para-hydroxylation sites is 2. The number of hydrogen-bond donors (Lipinski definition) is 1. The number of nitrogens with zero attached hydrogens (tertiary/aromatic N) is 1. The maximum Gasteiger partial charge on any atom is 0.252 e. The van der Waals surface area contributed by atoms with Crippen LogP contribution in [0.1, 0.15) is 22.6 Å². The highest BCUT2D eigenvalue weighted by Gasteiger charge is 2.32. The summed E-state index contributed by atoms with van der Waals surface area (Å²) in [5, 5.41) is 4.74. The van der Waals surface area contributed by atoms with Crippen molar-refractivity contribution in [2.45, 2.75) is 5.92 Å². The molecular weight excluding hydrogens is 348 g/mol. The van der Waals surface area contributed by atoms with Gasteiger partial charge in [-0.25, -0.2) is 5.43 Å². The number of benzene rings is 3. The lowest BCUT2D eigenvalue weighted by Crippen LogP contribution is -2.28. The van der Waals surface area contributed by atoms with Gasteiger partial charge < -0.3 is 4.74 Å². The summed E-state index contributed by atoms with van der Waals surface area (Å²) in [6.45, 7) is 0. The highest BCUT2D eigenvalue weighted by molar-refractivity contribution is 6.30. The van der Waals surface area contributed by atoms with Crippen LogP contribution in [0.3, 0.4) is 0 Å². The molecule has 1 aliphatic heterocycles. The number of hydrogen-bond acceptors (Lipinski definition) is 3. The number of halogens is 1. The van der Waals surface area contributed by atoms with Crippen LogP contribution in [-0.4, -0.2) is 12.1 Å². The SMILES string of the molecule is O=C(N/N=C/c1ccc(Cl)cc1)C1c2ccccc2Oc2ccccc21. The van der Waals surface area contributed by atoms with E-state index in [0.717, 1.165) is 16.7 Å². The second-order valence-electron chi connectivity index (χ2n) is 5.90. The van der Waals surface area contributed by atoms with Gasteiger partial charge in [0.25, 0.3) is 5.91 Å². The molecule has 1 heterocycles. The van der Waals surface area contributed by atoms with Crippen molar-refractivity contribution in [2.75, 3.05) is 0 Å². The minimum Gasteiger partial charge on any atom is -0.457 e. The van der Waals surface area contributed by atoms with Gasteiger partial charge in [-0.3, -0.25) is 4.79 Å². The van der Waals surface area contributed by atoms with Crippen LogP contribution in [0.15, 0.2) is 77.9 Å². The highest BCUT2D eigenvalue weighted by Crippen LogP contribution is 2.43. The fourth-order valence-electron chi connectivity index (χ4n) is 2.98. The molecule has 4 rings (SSSR count). The molecule has 3 aromatic rings. The lowest BCUT2D eigenvalue weighted by molar-refractivity contribution is -0.121. The van der Waals surface area contributed by atoms with E-state index in [-0.39, 0.29) is 5.91 Å². The molecule has 3 aromatic carbocycles. The molecule has 0 radical (unpaired) electrons. The predicted molar refractivity (Wildman–Crippen MR) is 102 cm³/mol. The molecule has 1 aliphatic rings. The van der Waals surface area contributed by atoms with Gasteiger partial charge in [0, 0.05) is 16.1 Å². The summed E-state index contributed by atoms with van der Waals surface area (Å²) in [7, 11) is 0. The average Bonchev–Trinajstić information content (AvgIpc) is 2.67. The van der Waals surface area contributed by atoms with E-state index < -0.39 is 5.92 Å². The van der Waals surface area contributed by atoms with Crippen LogP contribution >= 0.6 is 11.6 Å². The van der Waals surface area contributed by atoms with E-state index in [1.54, 1.807) is 18.3 Å². The number of fused-ring (bicyclic) bond motifs is 2. The zero-order chi connectivity index (χ0) is 17.9. The van der Waals surface area contributed by atoms with Gasteiger partial charge in [0.05, 0.1) is 12.1 Å². The Balaban J connectivity index is 1.60. The van der Waals surface area contributed by atoms with E-state index in [2.05, 4.69) is 10.5 Å². The Morgan fingerprint density at radius 2 is 1.50 bits per heavy atom. The Morgan fingerprint density at radius 3 is 2.12 bits per heavy atom. The van der Waals surface area contributed by atoms with E-state index in [1.165, 1.54) is 0 Å². The molecule has 0 unspecified atom stereocenters. The third-order valence-electron chi connectivity index (χ3n) is 4.20. The van der Waals surface area contributed by atoms with Crippen LogP contribution in [0, 0.1) is 0 Å². The maximum atomic E-state index is 12.9. The van der Waals surface area contributed by atoms with Crippen LogP contribution in [0.25, 0.3) is 0 Å². The Kier molecular flexibility index (Phi) is 4.42. The third kappa shape index (κ3) is 3.19. The molecule has 128 valence electrons. The van der Waals surface area contributed by atoms with Gasteiger partial charge in [0.2, 0.25) is 0 Å². The molecule has 0 bridgehead atoms. The summed E-state index contributed by atoms with van der Waals surface area (Å²) in [6.07, 6.45) is 1.59. The maximum absolute atomic E-state index is 12.9. The van der Waals surface area contributed by atoms with Crippen molar-refractivity contribution in [3.8, 4) is 11.5 Å². The van der Waals surface area contributed by atoms with Crippen LogP contribution in [0.5, 0.6) is 11.5 Å². The number of carbonyl (C=O) groups excluding carboxylic acids is 1. The average molecular weight is 363 g/mol. The van der Waals surface area contributed by atoms with Crippen molar-refractivity contribution < 1.29 is 9.53 Å². The zero-order valence-electron chi connectivity index (χ0n) is 13.7. The first-order chi connectivity index (χ1) is 12.7. The Morgan fingerprint density at radius 1 is 0.923 bits per heavy atom. The van der Waals surface area contributed by atoms with Crippen molar-refractivity contribution in [2.24, 2.45) is 5.10 Å². The fraction of sp³-hybridized carbons (Fsp3) is 0.0476. The van der Waals surface area contributed by atoms with Crippen LogP contribution in [0.2, 0.25) is 5.02 Å². The van der Waals surface area contributed by atoms with Crippen molar-refractivity contribution in [3.63, 3.8) is 0 Å². The van der Waals surface area contributed by atoms with E-state index in [0.29, 0.717) is 16.5 Å². The lowest BCUT2D eigenvalue weighted by Gasteiger charge is -2.26. The molecule has 0 aliphatic carbocycles. The number of nitrogens with one attached hydrogen (secondary N) is 1. The van der Waals surface area contributed by atoms with Gasteiger partial charge in [-0.05, 0) is 29.8 Å². The first-order valence-electron chi connectivity index (χ1n) is 8.16. The summed E-state index contributed by atoms with van der Waals surface area (Å²) in [4.78, 5) is 12.9. The van der Waals surface area contributed by atoms with E-state index in [9.17, 15) is 4.79 Å². The molecule has 0 atom stereocenters. The standard InChI is InChI=1S/C21H15ClN2O2/c22-15-11-9-14(10-12-15)13-23-24-21(25)20-16-5-1-3-7-18(16)26-19-8-4-2-6-17(19)20/h1-13,20H,(H,24,25)/b23-13+. The normalized spacial score (nSPS) is 13.0. The number of ether oxygens (including phenoxy) is 1. The molecule has 1 amide bonds. The highest BCUT2D eigenvalue weighted by atomic mass is 35.5. The van der Waals surface area contributed by atoms with Crippen LogP contribution < -0.4 is 10.2 Å². The van der Waals surface area contributed by atoms with Crippen molar-refractivity contribution in [3.05, 3.63) is 94.5 Å². The molecule has 0 saturated heterocycles. The number of amides is 1. The monoisotopic (exact) mass is 362 g/mol. The molecule has 1 N–H and O–H groups in total. The largest absolute Gasteiger partial charge is 0.457 e. The molecule has 0 fully saturated rings. The number of rotatable bonds is 3. The topological polar surface area (TPSA) is 50.7 Å². The molecule has 4 nitrogen and oxygen atoms in total. The molecule has 26 heavy (non-hydrogen) atoms. The lowest BCUT2D eigenvalue weighted by atomic mass is 9.87. The minimum atomic E-state index is -0.474. The Hall–Kier alpha value is -3.11. The van der Waals surface area contributed by atoms with Gasteiger partial charge in [-0.2, -0.15) is 5.10 Å². The van der Waals surface area contributed by atoms with Crippen molar-refractivity contribution >= 4 is 23.7 Å². The predicted octanol–water partition coefficient (Wildman–Crippen LogP) is 4.73. The first-order valence-corrected chi connectivity index (χ1v) is 8.54. The molecule has 0 spiro atoms. The quantitative estimate of drug-likeness (QED) is 0.541. The summed E-state index contributed by atoms with van der Waals surface area (Å²) in [6, 6.07) is 22.3. The molecule has 0 saturated carbocycles. The number of hydrazone groups is 1. The summed E-state index contributed by atoms with van der Waals surface area (Å²) >= 11 is 5.87. The van der Waals surface area contributed by atoms with Gasteiger partial charge >= 0.3 is 0 Å². The van der Waals surface area contributed by atoms with Crippen LogP contribution in [0.4, 0.5) is 0 Å². The van der Waals surface area contributed by atoms with Crippen molar-refractivity contribution in [1.29, 1.82) is 0 Å². The first kappa shape index (κ1) is 16.4. The second-order valence-corrected chi connectivity index (χ2v) is 6.33. The van der Waals surface area contributed by atoms with Gasteiger partial charge in [0.15, 0.2) is 0 Å². The van der Waals surface area contributed by atoms with E-state index in [4.69, 9.17) is 16.3 Å². The van der Waals surface area contributed by atoms with Gasteiger partial charge in [0.1, 0.15) is 11.5 Å². The Labute approximate surface area is 156 Å². The van der Waals surface area contributed by atoms with Gasteiger partial charge in [-0.15, -0.1) is 0 Å². The van der Waals surface area contributed by atoms with Gasteiger partial charge in [-0.1, -0.05) is 60.1 Å². The summed E-state index contributed by atoms with van der Waals surface area (Å²) in [5.41, 5.74) is 5.14. The molecular formula is C21H15ClN2O2. The minimum absolute atomic E-state index is 0.210. The third-order valence-corrected chi connectivity index (χ3v) is 4.45. The smallest absolute Gasteiger partial charge is 0.252 e. The number of carbonyl (C=O) groups is 1. The summed E-state index contributed by atoms with van der Waals surface area (Å²) < 4.78 is 5.91.